The first kappa shape index (κ1) is 16.2. The molecule has 1 aromatic heterocycles. The van der Waals surface area contributed by atoms with Crippen LogP contribution in [0, 0.1) is 0 Å². The second kappa shape index (κ2) is 7.08. The van der Waals surface area contributed by atoms with E-state index < -0.39 is 12.7 Å². The zero-order chi connectivity index (χ0) is 15.2. The molecule has 20 heavy (non-hydrogen) atoms. The Morgan fingerprint density at radius 2 is 1.95 bits per heavy atom. The number of hydrogen-bond acceptors (Lipinski definition) is 7. The van der Waals surface area contributed by atoms with Gasteiger partial charge in [-0.15, -0.1) is 0 Å². The van der Waals surface area contributed by atoms with E-state index in [4.69, 9.17) is 10.6 Å². The Kier molecular flexibility index (Phi) is 5.74. The van der Waals surface area contributed by atoms with Gasteiger partial charge in [-0.25, -0.2) is 5.84 Å². The van der Waals surface area contributed by atoms with Crippen LogP contribution in [-0.4, -0.2) is 40.8 Å². The van der Waals surface area contributed by atoms with Gasteiger partial charge in [0.05, 0.1) is 6.61 Å². The number of anilines is 2. The highest BCUT2D eigenvalue weighted by molar-refractivity contribution is 5.37. The molecule has 1 heterocycles. The number of aromatic nitrogens is 3. The van der Waals surface area contributed by atoms with E-state index in [1.165, 1.54) is 0 Å². The zero-order valence-corrected chi connectivity index (χ0v) is 11.2. The lowest BCUT2D eigenvalue weighted by atomic mass is 10.4. The first-order valence-corrected chi connectivity index (χ1v) is 6.06. The molecule has 0 saturated heterocycles. The third-order valence-electron chi connectivity index (χ3n) is 2.15. The number of rotatable bonds is 7. The van der Waals surface area contributed by atoms with E-state index >= 15 is 0 Å². The van der Waals surface area contributed by atoms with Crippen molar-refractivity contribution in [2.24, 2.45) is 5.84 Å². The quantitative estimate of drug-likeness (QED) is 0.579. The third-order valence-corrected chi connectivity index (χ3v) is 2.15. The zero-order valence-electron chi connectivity index (χ0n) is 11.2. The molecule has 0 aliphatic rings. The van der Waals surface area contributed by atoms with E-state index in [1.807, 2.05) is 0 Å². The van der Waals surface area contributed by atoms with Gasteiger partial charge < -0.3 is 9.64 Å². The van der Waals surface area contributed by atoms with E-state index in [1.54, 1.807) is 13.8 Å². The van der Waals surface area contributed by atoms with Crippen molar-refractivity contribution in [2.45, 2.75) is 26.4 Å². The number of nitrogen functional groups attached to an aromatic ring is 1. The molecular formula is C10H17F3N6O. The summed E-state index contributed by atoms with van der Waals surface area (Å²) in [5.41, 5.74) is 2.18. The molecule has 0 spiro atoms. The summed E-state index contributed by atoms with van der Waals surface area (Å²) in [6.07, 6.45) is -3.85. The van der Waals surface area contributed by atoms with Gasteiger partial charge in [-0.1, -0.05) is 6.92 Å². The molecule has 0 fully saturated rings. The minimum Gasteiger partial charge on any atom is -0.464 e. The molecule has 114 valence electrons. The van der Waals surface area contributed by atoms with Gasteiger partial charge in [0.15, 0.2) is 0 Å². The molecule has 0 unspecified atom stereocenters. The Bertz CT molecular complexity index is 428. The van der Waals surface area contributed by atoms with Crippen LogP contribution in [0.25, 0.3) is 0 Å². The van der Waals surface area contributed by atoms with Crippen LogP contribution < -0.4 is 20.9 Å². The van der Waals surface area contributed by atoms with Crippen LogP contribution in [-0.2, 0) is 0 Å². The van der Waals surface area contributed by atoms with Crippen LogP contribution in [0.5, 0.6) is 6.01 Å². The first-order valence-electron chi connectivity index (χ1n) is 6.06. The molecule has 7 nitrogen and oxygen atoms in total. The molecule has 0 aliphatic heterocycles. The number of hydrazine groups is 1. The maximum atomic E-state index is 12.6. The molecule has 1 aromatic rings. The molecule has 0 atom stereocenters. The average molecular weight is 294 g/mol. The minimum atomic E-state index is -4.36. The predicted octanol–water partition coefficient (Wildman–Crippen LogP) is 1.33. The minimum absolute atomic E-state index is 0.0540. The van der Waals surface area contributed by atoms with Gasteiger partial charge in [-0.2, -0.15) is 28.1 Å². The van der Waals surface area contributed by atoms with Crippen molar-refractivity contribution in [3.63, 3.8) is 0 Å². The topological polar surface area (TPSA) is 89.2 Å². The summed E-state index contributed by atoms with van der Waals surface area (Å²) in [4.78, 5) is 12.5. The molecule has 0 aromatic carbocycles. The predicted molar refractivity (Wildman–Crippen MR) is 67.4 cm³/mol. The van der Waals surface area contributed by atoms with Crippen molar-refractivity contribution in [2.75, 3.05) is 30.0 Å². The number of ether oxygens (including phenoxy) is 1. The number of nitrogens with one attached hydrogen (secondary N) is 1. The molecule has 0 saturated carbocycles. The fourth-order valence-corrected chi connectivity index (χ4v) is 1.48. The molecule has 0 bridgehead atoms. The lowest BCUT2D eigenvalue weighted by Crippen LogP contribution is -2.36. The average Bonchev–Trinajstić information content (AvgIpc) is 2.36. The van der Waals surface area contributed by atoms with Gasteiger partial charge in [0.2, 0.25) is 11.9 Å². The molecule has 0 radical (unpaired) electrons. The second-order valence-electron chi connectivity index (χ2n) is 3.86. The molecule has 3 N–H and O–H groups in total. The molecular weight excluding hydrogens is 277 g/mol. The van der Waals surface area contributed by atoms with Crippen LogP contribution in [0.3, 0.4) is 0 Å². The van der Waals surface area contributed by atoms with Gasteiger partial charge in [-0.05, 0) is 13.3 Å². The summed E-state index contributed by atoms with van der Waals surface area (Å²) < 4.78 is 42.8. The van der Waals surface area contributed by atoms with Crippen molar-refractivity contribution in [1.29, 1.82) is 0 Å². The fraction of sp³-hybridized carbons (Fsp3) is 0.700. The van der Waals surface area contributed by atoms with Crippen LogP contribution in [0.1, 0.15) is 20.3 Å². The SMILES string of the molecule is CCCN(CC(F)(F)F)c1nc(NN)nc(OCC)n1. The number of alkyl halides is 3. The normalized spacial score (nSPS) is 11.3. The molecule has 1 rings (SSSR count). The van der Waals surface area contributed by atoms with Gasteiger partial charge in [-0.3, -0.25) is 5.43 Å². The van der Waals surface area contributed by atoms with Gasteiger partial charge in [0.1, 0.15) is 6.54 Å². The lowest BCUT2D eigenvalue weighted by Gasteiger charge is -2.23. The number of nitrogens with zero attached hydrogens (tertiary/aromatic N) is 4. The standard InChI is InChI=1S/C10H17F3N6O/c1-3-5-19(6-10(11,12)13)8-15-7(18-14)16-9(17-8)20-4-2/h3-6,14H2,1-2H3,(H,15,16,17,18). The van der Waals surface area contributed by atoms with Gasteiger partial charge in [0.25, 0.3) is 0 Å². The second-order valence-corrected chi connectivity index (χ2v) is 3.86. The Morgan fingerprint density at radius 1 is 1.25 bits per heavy atom. The van der Waals surface area contributed by atoms with Crippen LogP contribution in [0.4, 0.5) is 25.1 Å². The Balaban J connectivity index is 3.07. The lowest BCUT2D eigenvalue weighted by molar-refractivity contribution is -0.119. The monoisotopic (exact) mass is 294 g/mol. The Morgan fingerprint density at radius 3 is 2.45 bits per heavy atom. The van der Waals surface area contributed by atoms with E-state index in [0.717, 1.165) is 4.90 Å². The largest absolute Gasteiger partial charge is 0.464 e. The summed E-state index contributed by atoms with van der Waals surface area (Å²) in [5, 5.41) is 0. The number of halogens is 3. The molecule has 0 aliphatic carbocycles. The van der Waals surface area contributed by atoms with E-state index in [0.29, 0.717) is 6.42 Å². The van der Waals surface area contributed by atoms with Crippen molar-refractivity contribution < 1.29 is 17.9 Å². The summed E-state index contributed by atoms with van der Waals surface area (Å²) in [6, 6.07) is -0.0753. The van der Waals surface area contributed by atoms with Gasteiger partial charge >= 0.3 is 12.2 Å². The van der Waals surface area contributed by atoms with Crippen molar-refractivity contribution >= 4 is 11.9 Å². The first-order chi connectivity index (χ1) is 9.39. The summed E-state index contributed by atoms with van der Waals surface area (Å²) in [6.45, 7) is 2.74. The van der Waals surface area contributed by atoms with Crippen molar-refractivity contribution in [1.82, 2.24) is 15.0 Å². The van der Waals surface area contributed by atoms with Gasteiger partial charge in [0, 0.05) is 6.54 Å². The van der Waals surface area contributed by atoms with Crippen LogP contribution in [0.15, 0.2) is 0 Å². The Labute approximate surface area is 114 Å². The third kappa shape index (κ3) is 5.03. The van der Waals surface area contributed by atoms with E-state index in [9.17, 15) is 13.2 Å². The highest BCUT2D eigenvalue weighted by Crippen LogP contribution is 2.21. The molecule has 0 amide bonds. The maximum absolute atomic E-state index is 12.6. The van der Waals surface area contributed by atoms with Crippen LogP contribution >= 0.6 is 0 Å². The highest BCUT2D eigenvalue weighted by atomic mass is 19.4. The van der Waals surface area contributed by atoms with E-state index in [2.05, 4.69) is 20.4 Å². The molecule has 10 heteroatoms. The Hall–Kier alpha value is -1.84. The van der Waals surface area contributed by atoms with Crippen LogP contribution in [0.2, 0.25) is 0 Å². The highest BCUT2D eigenvalue weighted by Gasteiger charge is 2.32. The maximum Gasteiger partial charge on any atom is 0.406 e. The smallest absolute Gasteiger partial charge is 0.406 e. The fourth-order valence-electron chi connectivity index (χ4n) is 1.48. The van der Waals surface area contributed by atoms with E-state index in [-0.39, 0.29) is 31.1 Å². The summed E-state index contributed by atoms with van der Waals surface area (Å²) in [7, 11) is 0. The summed E-state index contributed by atoms with van der Waals surface area (Å²) >= 11 is 0. The van der Waals surface area contributed by atoms with Crippen molar-refractivity contribution in [3.05, 3.63) is 0 Å². The number of hydrogen-bond donors (Lipinski definition) is 2. The number of nitrogens with two attached hydrogens (primary N) is 1. The summed E-state index contributed by atoms with van der Waals surface area (Å²) in [5.74, 6) is 5.00. The van der Waals surface area contributed by atoms with Crippen molar-refractivity contribution in [3.8, 4) is 6.01 Å².